The van der Waals surface area contributed by atoms with Crippen LogP contribution in [0.15, 0.2) is 16.3 Å². The zero-order chi connectivity index (χ0) is 18.2. The molecule has 0 aromatic heterocycles. The van der Waals surface area contributed by atoms with Crippen LogP contribution in [0, 0.1) is 5.41 Å². The molecular formula is C12H11F5NO5-. The van der Waals surface area contributed by atoms with Gasteiger partial charge in [0, 0.05) is 0 Å². The number of hydrogen-bond donors (Lipinski definition) is 1. The van der Waals surface area contributed by atoms with Gasteiger partial charge in [0.2, 0.25) is 0 Å². The monoisotopic (exact) mass is 344 g/mol. The molecule has 2 atom stereocenters. The molecule has 2 unspecified atom stereocenters. The van der Waals surface area contributed by atoms with E-state index < -0.39 is 59.6 Å². The second-order valence-corrected chi connectivity index (χ2v) is 4.67. The summed E-state index contributed by atoms with van der Waals surface area (Å²) in [4.78, 5) is 25.4. The first-order valence-electron chi connectivity index (χ1n) is 6.14. The van der Waals surface area contributed by atoms with E-state index in [-0.39, 0.29) is 0 Å². The number of carboxylic acids is 1. The molecule has 0 bridgehead atoms. The van der Waals surface area contributed by atoms with Crippen molar-refractivity contribution in [2.24, 2.45) is 10.4 Å². The highest BCUT2D eigenvalue weighted by molar-refractivity contribution is 6.11. The number of aliphatic hydroxyl groups excluding tert-OH is 1. The molecule has 0 radical (unpaired) electrons. The van der Waals surface area contributed by atoms with Crippen molar-refractivity contribution in [1.29, 1.82) is 0 Å². The molecule has 0 amide bonds. The number of ether oxygens (including phenoxy) is 1. The first-order chi connectivity index (χ1) is 10.4. The molecule has 6 nitrogen and oxygen atoms in total. The molecule has 0 saturated heterocycles. The number of carboxylic acid groups (broad SMARTS) is 1. The summed E-state index contributed by atoms with van der Waals surface area (Å²) in [5.41, 5.74) is -8.47. The van der Waals surface area contributed by atoms with Crippen LogP contribution < -0.4 is 5.11 Å². The lowest BCUT2D eigenvalue weighted by molar-refractivity contribution is -0.317. The summed E-state index contributed by atoms with van der Waals surface area (Å²) in [5, 5.41) is 21.1. The lowest BCUT2D eigenvalue weighted by atomic mass is 9.73. The molecule has 1 rings (SSSR count). The molecule has 0 spiro atoms. The summed E-state index contributed by atoms with van der Waals surface area (Å²) in [7, 11) is 0. The fourth-order valence-corrected chi connectivity index (χ4v) is 1.98. The van der Waals surface area contributed by atoms with E-state index in [2.05, 4.69) is 9.73 Å². The van der Waals surface area contributed by atoms with Crippen LogP contribution in [-0.2, 0) is 14.3 Å². The van der Waals surface area contributed by atoms with Gasteiger partial charge < -0.3 is 19.7 Å². The molecule has 23 heavy (non-hydrogen) atoms. The Labute approximate surface area is 126 Å². The number of aliphatic carboxylic acids is 1. The highest BCUT2D eigenvalue weighted by Gasteiger charge is 2.55. The fourth-order valence-electron chi connectivity index (χ4n) is 1.98. The maximum Gasteiger partial charge on any atom is 0.433 e. The van der Waals surface area contributed by atoms with Crippen LogP contribution in [0.5, 0.6) is 0 Å². The van der Waals surface area contributed by atoms with Gasteiger partial charge in [0.05, 0.1) is 29.3 Å². The highest BCUT2D eigenvalue weighted by Crippen LogP contribution is 2.42. The molecule has 11 heteroatoms. The van der Waals surface area contributed by atoms with Crippen LogP contribution in [-0.4, -0.2) is 48.1 Å². The Hall–Kier alpha value is -2.04. The standard InChI is InChI=1S/C12H12F5NO5/c1-3-23-9(20)4-5(12(15,16)17)18-6(8(13)14)11(2,7(4)19)10(21)22/h7-8,19H,3H2,1-2H3,(H,21,22)/p-1. The highest BCUT2D eigenvalue weighted by atomic mass is 19.4. The van der Waals surface area contributed by atoms with Gasteiger partial charge in [-0.15, -0.1) is 0 Å². The largest absolute Gasteiger partial charge is 0.549 e. The van der Waals surface area contributed by atoms with E-state index in [1.54, 1.807) is 0 Å². The molecule has 0 fully saturated rings. The van der Waals surface area contributed by atoms with Gasteiger partial charge in [-0.25, -0.2) is 18.6 Å². The van der Waals surface area contributed by atoms with Crippen molar-refractivity contribution in [2.45, 2.75) is 32.6 Å². The lowest BCUT2D eigenvalue weighted by Crippen LogP contribution is -2.58. The Morgan fingerprint density at radius 3 is 2.30 bits per heavy atom. The van der Waals surface area contributed by atoms with E-state index in [9.17, 15) is 41.8 Å². The summed E-state index contributed by atoms with van der Waals surface area (Å²) in [6.45, 7) is 1.34. The molecule has 0 aromatic carbocycles. The van der Waals surface area contributed by atoms with Crippen LogP contribution in [0.1, 0.15) is 13.8 Å². The SMILES string of the molecule is CCOC(=O)C1=C(C(F)(F)F)N=C(C(F)F)C(C)(C(=O)[O-])C1O. The van der Waals surface area contributed by atoms with Crippen LogP contribution in [0.4, 0.5) is 22.0 Å². The van der Waals surface area contributed by atoms with Crippen molar-refractivity contribution >= 4 is 17.7 Å². The number of carbonyl (C=O) groups excluding carboxylic acids is 2. The number of nitrogens with zero attached hydrogens (tertiary/aromatic N) is 1. The van der Waals surface area contributed by atoms with Crippen molar-refractivity contribution in [3.63, 3.8) is 0 Å². The molecule has 0 saturated carbocycles. The first kappa shape index (κ1) is 19.0. The number of hydrogen-bond acceptors (Lipinski definition) is 6. The third kappa shape index (κ3) is 3.19. The average molecular weight is 344 g/mol. The van der Waals surface area contributed by atoms with E-state index in [1.807, 2.05) is 0 Å². The van der Waals surface area contributed by atoms with E-state index >= 15 is 0 Å². The molecule has 0 aromatic rings. The molecule has 0 aliphatic carbocycles. The Morgan fingerprint density at radius 1 is 1.43 bits per heavy atom. The van der Waals surface area contributed by atoms with E-state index in [0.29, 0.717) is 6.92 Å². The van der Waals surface area contributed by atoms with Crippen molar-refractivity contribution < 1.29 is 46.5 Å². The molecule has 1 aliphatic heterocycles. The summed E-state index contributed by atoms with van der Waals surface area (Å²) in [6.07, 6.45) is -11.9. The topological polar surface area (TPSA) is 99.0 Å². The fraction of sp³-hybridized carbons (Fsp3) is 0.583. The smallest absolute Gasteiger partial charge is 0.433 e. The Balaban J connectivity index is 3.73. The second kappa shape index (κ2) is 6.22. The number of alkyl halides is 5. The minimum atomic E-state index is -5.39. The Bertz CT molecular complexity index is 583. The molecular weight excluding hydrogens is 333 g/mol. The molecule has 1 aliphatic rings. The van der Waals surface area contributed by atoms with Gasteiger partial charge in [0.25, 0.3) is 6.43 Å². The number of rotatable bonds is 4. The predicted octanol–water partition coefficient (Wildman–Crippen LogP) is 0.203. The first-order valence-corrected chi connectivity index (χ1v) is 6.14. The number of aliphatic hydroxyl groups is 1. The minimum Gasteiger partial charge on any atom is -0.549 e. The average Bonchev–Trinajstić information content (AvgIpc) is 2.39. The summed E-state index contributed by atoms with van der Waals surface area (Å²) in [6, 6.07) is 0. The summed E-state index contributed by atoms with van der Waals surface area (Å²) < 4.78 is 69.1. The summed E-state index contributed by atoms with van der Waals surface area (Å²) >= 11 is 0. The van der Waals surface area contributed by atoms with Crippen LogP contribution >= 0.6 is 0 Å². The zero-order valence-corrected chi connectivity index (χ0v) is 11.8. The minimum absolute atomic E-state index is 0.395. The van der Waals surface area contributed by atoms with Crippen molar-refractivity contribution in [3.8, 4) is 0 Å². The number of esters is 1. The summed E-state index contributed by atoms with van der Waals surface area (Å²) in [5.74, 6) is -4.02. The van der Waals surface area contributed by atoms with E-state index in [1.165, 1.54) is 6.92 Å². The Morgan fingerprint density at radius 2 is 1.96 bits per heavy atom. The van der Waals surface area contributed by atoms with Gasteiger partial charge >= 0.3 is 12.1 Å². The van der Waals surface area contributed by atoms with Gasteiger partial charge in [-0.2, -0.15) is 13.2 Å². The van der Waals surface area contributed by atoms with E-state index in [4.69, 9.17) is 0 Å². The van der Waals surface area contributed by atoms with Crippen LogP contribution in [0.2, 0.25) is 0 Å². The van der Waals surface area contributed by atoms with Crippen LogP contribution in [0.25, 0.3) is 0 Å². The zero-order valence-electron chi connectivity index (χ0n) is 11.8. The van der Waals surface area contributed by atoms with Gasteiger partial charge in [0.15, 0.2) is 5.70 Å². The van der Waals surface area contributed by atoms with E-state index in [0.717, 1.165) is 0 Å². The molecule has 1 N–H and O–H groups in total. The van der Waals surface area contributed by atoms with Crippen molar-refractivity contribution in [1.82, 2.24) is 0 Å². The quantitative estimate of drug-likeness (QED) is 0.580. The van der Waals surface area contributed by atoms with Crippen molar-refractivity contribution in [3.05, 3.63) is 11.3 Å². The number of halogens is 5. The molecule has 1 heterocycles. The maximum absolute atomic E-state index is 13.0. The normalized spacial score (nSPS) is 25.4. The van der Waals surface area contributed by atoms with Gasteiger partial charge in [-0.1, -0.05) is 0 Å². The maximum atomic E-state index is 13.0. The lowest BCUT2D eigenvalue weighted by Gasteiger charge is -2.40. The van der Waals surface area contributed by atoms with Gasteiger partial charge in [0.1, 0.15) is 6.10 Å². The number of carbonyl (C=O) groups is 2. The third-order valence-corrected chi connectivity index (χ3v) is 3.23. The van der Waals surface area contributed by atoms with Gasteiger partial charge in [-0.3, -0.25) is 0 Å². The van der Waals surface area contributed by atoms with Crippen molar-refractivity contribution in [2.75, 3.05) is 6.61 Å². The number of aliphatic imine (C=N–C) groups is 1. The number of allylic oxidation sites excluding steroid dienone is 1. The van der Waals surface area contributed by atoms with Gasteiger partial charge in [-0.05, 0) is 13.8 Å². The predicted molar refractivity (Wildman–Crippen MR) is 62.3 cm³/mol. The second-order valence-electron chi connectivity index (χ2n) is 4.67. The third-order valence-electron chi connectivity index (χ3n) is 3.23. The van der Waals surface area contributed by atoms with Crippen LogP contribution in [0.3, 0.4) is 0 Å². The molecule has 130 valence electrons. The Kier molecular flexibility index (Phi) is 5.14.